The molecule has 3 N–H and O–H groups in total. The van der Waals surface area contributed by atoms with Crippen LogP contribution in [0.15, 0.2) is 18.2 Å². The quantitative estimate of drug-likeness (QED) is 0.840. The van der Waals surface area contributed by atoms with Gasteiger partial charge in [0.15, 0.2) is 0 Å². The molecule has 1 aromatic carbocycles. The molecule has 1 fully saturated rings. The van der Waals surface area contributed by atoms with Gasteiger partial charge in [0.05, 0.1) is 17.7 Å². The maximum Gasteiger partial charge on any atom is 0.416 e. The van der Waals surface area contributed by atoms with Gasteiger partial charge in [-0.3, -0.25) is 0 Å². The first kappa shape index (κ1) is 17.2. The van der Waals surface area contributed by atoms with E-state index in [0.717, 1.165) is 31.4 Å². The number of alkyl halides is 3. The average molecular weight is 314 g/mol. The lowest BCUT2D eigenvalue weighted by molar-refractivity contribution is -0.138. The molecule has 2 nitrogen and oxygen atoms in total. The molecule has 0 bridgehead atoms. The van der Waals surface area contributed by atoms with E-state index in [0.29, 0.717) is 6.07 Å². The highest BCUT2D eigenvalue weighted by Crippen LogP contribution is 2.39. The third-order valence-corrected chi connectivity index (χ3v) is 3.68. The van der Waals surface area contributed by atoms with Crippen LogP contribution in [-0.2, 0) is 6.18 Å². The maximum atomic E-state index is 13.2. The minimum atomic E-state index is -4.61. The van der Waals surface area contributed by atoms with E-state index in [1.54, 1.807) is 0 Å². The summed E-state index contributed by atoms with van der Waals surface area (Å²) in [4.78, 5) is 0. The predicted octanol–water partition coefficient (Wildman–Crippen LogP) is 3.43. The Morgan fingerprint density at radius 2 is 1.85 bits per heavy atom. The Morgan fingerprint density at radius 1 is 1.25 bits per heavy atom. The third kappa shape index (κ3) is 3.42. The van der Waals surface area contributed by atoms with Crippen molar-refractivity contribution in [3.05, 3.63) is 35.1 Å². The van der Waals surface area contributed by atoms with Gasteiger partial charge in [0.2, 0.25) is 0 Å². The molecule has 20 heavy (non-hydrogen) atoms. The maximum absolute atomic E-state index is 13.2. The molecular formula is C13H16ClF4NO. The summed E-state index contributed by atoms with van der Waals surface area (Å²) in [5.74, 6) is -0.890. The highest BCUT2D eigenvalue weighted by molar-refractivity contribution is 5.85. The summed E-state index contributed by atoms with van der Waals surface area (Å²) in [6.45, 7) is 0. The van der Waals surface area contributed by atoms with E-state index in [9.17, 15) is 22.7 Å². The van der Waals surface area contributed by atoms with E-state index in [1.165, 1.54) is 0 Å². The highest BCUT2D eigenvalue weighted by Gasteiger charge is 2.38. The molecule has 7 heteroatoms. The van der Waals surface area contributed by atoms with Crippen molar-refractivity contribution in [1.82, 2.24) is 0 Å². The molecule has 0 aliphatic heterocycles. The van der Waals surface area contributed by atoms with Crippen LogP contribution in [0.2, 0.25) is 0 Å². The van der Waals surface area contributed by atoms with E-state index >= 15 is 0 Å². The molecule has 0 radical (unpaired) electrons. The lowest BCUT2D eigenvalue weighted by Gasteiger charge is -2.34. The van der Waals surface area contributed by atoms with Gasteiger partial charge in [-0.05, 0) is 42.5 Å². The van der Waals surface area contributed by atoms with Crippen LogP contribution in [0.5, 0.6) is 0 Å². The van der Waals surface area contributed by atoms with Crippen LogP contribution in [0.25, 0.3) is 0 Å². The van der Waals surface area contributed by atoms with Gasteiger partial charge in [0.25, 0.3) is 0 Å². The summed E-state index contributed by atoms with van der Waals surface area (Å²) in [5, 5.41) is 9.96. The van der Waals surface area contributed by atoms with Crippen molar-refractivity contribution in [3.63, 3.8) is 0 Å². The van der Waals surface area contributed by atoms with Gasteiger partial charge in [-0.1, -0.05) is 6.42 Å². The van der Waals surface area contributed by atoms with Crippen LogP contribution >= 0.6 is 12.4 Å². The zero-order valence-corrected chi connectivity index (χ0v) is 11.3. The molecular weight excluding hydrogens is 298 g/mol. The van der Waals surface area contributed by atoms with Crippen LogP contribution < -0.4 is 5.73 Å². The monoisotopic (exact) mass is 313 g/mol. The van der Waals surface area contributed by atoms with E-state index in [4.69, 9.17) is 5.73 Å². The number of aliphatic hydroxyl groups is 1. The van der Waals surface area contributed by atoms with Gasteiger partial charge < -0.3 is 10.8 Å². The molecule has 1 saturated carbocycles. The molecule has 0 aromatic heterocycles. The molecule has 0 unspecified atom stereocenters. The summed E-state index contributed by atoms with van der Waals surface area (Å²) in [6.07, 6.45) is -3.27. The van der Waals surface area contributed by atoms with E-state index in [1.807, 2.05) is 0 Å². The first-order valence-electron chi connectivity index (χ1n) is 6.11. The van der Waals surface area contributed by atoms with Gasteiger partial charge in [-0.2, -0.15) is 13.2 Å². The first-order valence-corrected chi connectivity index (χ1v) is 6.11. The average Bonchev–Trinajstić information content (AvgIpc) is 2.23. The number of nitrogens with two attached hydrogens (primary N) is 1. The van der Waals surface area contributed by atoms with E-state index < -0.39 is 29.7 Å². The van der Waals surface area contributed by atoms with Gasteiger partial charge in [-0.15, -0.1) is 12.4 Å². The number of benzene rings is 1. The SMILES string of the molecule is Cl.N[C@@H](c1cc(F)ccc1C(F)(F)F)[C@H](O)C1CCC1. The Hall–Kier alpha value is -0.850. The van der Waals surface area contributed by atoms with Gasteiger partial charge >= 0.3 is 6.18 Å². The third-order valence-electron chi connectivity index (χ3n) is 3.68. The van der Waals surface area contributed by atoms with Crippen molar-refractivity contribution in [2.75, 3.05) is 0 Å². The zero-order valence-electron chi connectivity index (χ0n) is 10.5. The minimum absolute atomic E-state index is 0. The molecule has 1 aliphatic carbocycles. The highest BCUT2D eigenvalue weighted by atomic mass is 35.5. The second-order valence-corrected chi connectivity index (χ2v) is 4.94. The Balaban J connectivity index is 0.00000200. The number of aliphatic hydroxyl groups excluding tert-OH is 1. The van der Waals surface area contributed by atoms with E-state index in [-0.39, 0.29) is 23.9 Å². The van der Waals surface area contributed by atoms with Crippen molar-refractivity contribution in [2.24, 2.45) is 11.7 Å². The van der Waals surface area contributed by atoms with Gasteiger partial charge in [-0.25, -0.2) is 4.39 Å². The zero-order chi connectivity index (χ0) is 14.2. The van der Waals surface area contributed by atoms with Crippen molar-refractivity contribution in [1.29, 1.82) is 0 Å². The minimum Gasteiger partial charge on any atom is -0.391 e. The Bertz CT molecular complexity index is 462. The Kier molecular flexibility index (Phi) is 5.40. The molecule has 0 amide bonds. The Morgan fingerprint density at radius 3 is 2.30 bits per heavy atom. The lowest BCUT2D eigenvalue weighted by Crippen LogP contribution is -2.37. The van der Waals surface area contributed by atoms with E-state index in [2.05, 4.69) is 0 Å². The molecule has 2 rings (SSSR count). The summed E-state index contributed by atoms with van der Waals surface area (Å²) in [5.41, 5.74) is 4.33. The molecule has 1 aliphatic rings. The predicted molar refractivity (Wildman–Crippen MR) is 68.9 cm³/mol. The molecule has 114 valence electrons. The van der Waals surface area contributed by atoms with Crippen LogP contribution in [-0.4, -0.2) is 11.2 Å². The standard InChI is InChI=1S/C13H15F4NO.ClH/c14-8-4-5-10(13(15,16)17)9(6-8)11(18)12(19)7-2-1-3-7;/h4-7,11-12,19H,1-3,18H2;1H/t11-,12+;/m0./s1. The van der Waals surface area contributed by atoms with Crippen molar-refractivity contribution < 1.29 is 22.7 Å². The molecule has 0 spiro atoms. The second-order valence-electron chi connectivity index (χ2n) is 4.94. The fourth-order valence-electron chi connectivity index (χ4n) is 2.33. The molecule has 0 heterocycles. The van der Waals surface area contributed by atoms with Gasteiger partial charge in [0.1, 0.15) is 5.82 Å². The molecule has 1 aromatic rings. The number of hydrogen-bond donors (Lipinski definition) is 2. The number of rotatable bonds is 3. The normalized spacial score (nSPS) is 18.9. The summed E-state index contributed by atoms with van der Waals surface area (Å²) >= 11 is 0. The smallest absolute Gasteiger partial charge is 0.391 e. The number of hydrogen-bond acceptors (Lipinski definition) is 2. The first-order chi connectivity index (χ1) is 8.80. The van der Waals surface area contributed by atoms with Crippen LogP contribution in [0.1, 0.15) is 36.4 Å². The Labute approximate surface area is 120 Å². The lowest BCUT2D eigenvalue weighted by atomic mass is 9.77. The van der Waals surface area contributed by atoms with Crippen molar-refractivity contribution in [3.8, 4) is 0 Å². The van der Waals surface area contributed by atoms with Crippen molar-refractivity contribution in [2.45, 2.75) is 37.6 Å². The fraction of sp³-hybridized carbons (Fsp3) is 0.538. The largest absolute Gasteiger partial charge is 0.416 e. The van der Waals surface area contributed by atoms with Crippen molar-refractivity contribution >= 4 is 12.4 Å². The molecule has 2 atom stereocenters. The summed E-state index contributed by atoms with van der Waals surface area (Å²) in [7, 11) is 0. The van der Waals surface area contributed by atoms with Crippen LogP contribution in [0.4, 0.5) is 17.6 Å². The number of halogens is 5. The molecule has 0 saturated heterocycles. The fourth-order valence-corrected chi connectivity index (χ4v) is 2.33. The topological polar surface area (TPSA) is 46.2 Å². The summed E-state index contributed by atoms with van der Waals surface area (Å²) in [6, 6.07) is 0.944. The van der Waals surface area contributed by atoms with Gasteiger partial charge in [0, 0.05) is 0 Å². The second kappa shape index (κ2) is 6.28. The van der Waals surface area contributed by atoms with Crippen LogP contribution in [0, 0.1) is 11.7 Å². The summed E-state index contributed by atoms with van der Waals surface area (Å²) < 4.78 is 51.7. The van der Waals surface area contributed by atoms with Crippen LogP contribution in [0.3, 0.4) is 0 Å².